The first kappa shape index (κ1) is 15.1. The normalized spacial score (nSPS) is 15.2. The number of carboxylic acids is 1. The van der Waals surface area contributed by atoms with Gasteiger partial charge >= 0.3 is 5.97 Å². The summed E-state index contributed by atoms with van der Waals surface area (Å²) in [6.45, 7) is 0.328. The largest absolute Gasteiger partial charge is 0.480 e. The third kappa shape index (κ3) is 4.62. The molecular weight excluding hydrogens is 276 g/mol. The molecule has 0 spiro atoms. The van der Waals surface area contributed by atoms with Crippen LogP contribution in [0.5, 0.6) is 0 Å². The van der Waals surface area contributed by atoms with E-state index in [2.05, 4.69) is 10.6 Å². The van der Waals surface area contributed by atoms with Crippen molar-refractivity contribution < 1.29 is 23.9 Å². The van der Waals surface area contributed by atoms with E-state index < -0.39 is 12.0 Å². The molecule has 0 bridgehead atoms. The first-order valence-corrected chi connectivity index (χ1v) is 6.92. The van der Waals surface area contributed by atoms with Crippen LogP contribution in [0.4, 0.5) is 0 Å². The SMILES string of the molecule is O=C(CCCNC(=O)c1ccco1)NC(C(=O)O)C1CC1. The van der Waals surface area contributed by atoms with Gasteiger partial charge in [0, 0.05) is 13.0 Å². The van der Waals surface area contributed by atoms with Gasteiger partial charge in [-0.15, -0.1) is 0 Å². The Morgan fingerprint density at radius 3 is 2.71 bits per heavy atom. The molecule has 3 N–H and O–H groups in total. The van der Waals surface area contributed by atoms with Crippen LogP contribution in [-0.2, 0) is 9.59 Å². The van der Waals surface area contributed by atoms with Crippen molar-refractivity contribution >= 4 is 17.8 Å². The summed E-state index contributed by atoms with van der Waals surface area (Å²) in [5, 5.41) is 14.1. The van der Waals surface area contributed by atoms with Crippen LogP contribution >= 0.6 is 0 Å². The van der Waals surface area contributed by atoms with Gasteiger partial charge in [0.05, 0.1) is 6.26 Å². The number of amides is 2. The number of hydrogen-bond donors (Lipinski definition) is 3. The van der Waals surface area contributed by atoms with Crippen molar-refractivity contribution in [2.45, 2.75) is 31.7 Å². The smallest absolute Gasteiger partial charge is 0.326 e. The van der Waals surface area contributed by atoms with Crippen molar-refractivity contribution in [2.24, 2.45) is 5.92 Å². The van der Waals surface area contributed by atoms with Crippen molar-refractivity contribution in [3.8, 4) is 0 Å². The minimum absolute atomic E-state index is 0.0603. The fourth-order valence-corrected chi connectivity index (χ4v) is 2.00. The number of carbonyl (C=O) groups is 3. The lowest BCUT2D eigenvalue weighted by Gasteiger charge is -2.13. The molecule has 114 valence electrons. The quantitative estimate of drug-likeness (QED) is 0.614. The van der Waals surface area contributed by atoms with Crippen LogP contribution in [0, 0.1) is 5.92 Å². The zero-order valence-corrected chi connectivity index (χ0v) is 11.5. The van der Waals surface area contributed by atoms with E-state index >= 15 is 0 Å². The molecule has 1 atom stereocenters. The van der Waals surface area contributed by atoms with Crippen molar-refractivity contribution in [3.05, 3.63) is 24.2 Å². The summed E-state index contributed by atoms with van der Waals surface area (Å²) in [5.74, 6) is -1.34. The summed E-state index contributed by atoms with van der Waals surface area (Å²) in [5.41, 5.74) is 0. The summed E-state index contributed by atoms with van der Waals surface area (Å²) < 4.78 is 4.93. The maximum absolute atomic E-state index is 11.7. The molecule has 1 saturated carbocycles. The summed E-state index contributed by atoms with van der Waals surface area (Å²) in [6, 6.07) is 2.39. The fraction of sp³-hybridized carbons (Fsp3) is 0.500. The van der Waals surface area contributed by atoms with Crippen molar-refractivity contribution in [2.75, 3.05) is 6.54 Å². The summed E-state index contributed by atoms with van der Waals surface area (Å²) >= 11 is 0. The highest BCUT2D eigenvalue weighted by Crippen LogP contribution is 2.32. The molecule has 1 aromatic heterocycles. The Morgan fingerprint density at radius 1 is 1.38 bits per heavy atom. The molecule has 1 aromatic rings. The number of aliphatic carboxylic acids is 1. The van der Waals surface area contributed by atoms with Gasteiger partial charge in [0.1, 0.15) is 6.04 Å². The van der Waals surface area contributed by atoms with E-state index in [0.29, 0.717) is 13.0 Å². The molecule has 1 aliphatic rings. The predicted octanol–water partition coefficient (Wildman–Crippen LogP) is 0.769. The Morgan fingerprint density at radius 2 is 2.14 bits per heavy atom. The van der Waals surface area contributed by atoms with Crippen LogP contribution in [0.3, 0.4) is 0 Å². The zero-order chi connectivity index (χ0) is 15.2. The van der Waals surface area contributed by atoms with Crippen molar-refractivity contribution in [1.82, 2.24) is 10.6 Å². The maximum Gasteiger partial charge on any atom is 0.326 e. The summed E-state index contributed by atoms with van der Waals surface area (Å²) in [7, 11) is 0. The number of carbonyl (C=O) groups excluding carboxylic acids is 2. The highest BCUT2D eigenvalue weighted by Gasteiger charge is 2.37. The molecule has 0 saturated heterocycles. The minimum atomic E-state index is -0.989. The lowest BCUT2D eigenvalue weighted by atomic mass is 10.1. The van der Waals surface area contributed by atoms with Gasteiger partial charge in [0.25, 0.3) is 5.91 Å². The second kappa shape index (κ2) is 6.92. The van der Waals surface area contributed by atoms with Gasteiger partial charge < -0.3 is 20.2 Å². The van der Waals surface area contributed by atoms with Crippen molar-refractivity contribution in [3.63, 3.8) is 0 Å². The lowest BCUT2D eigenvalue weighted by Crippen LogP contribution is -2.42. The third-order valence-electron chi connectivity index (χ3n) is 3.29. The second-order valence-corrected chi connectivity index (χ2v) is 5.06. The standard InChI is InChI=1S/C14H18N2O5/c17-11(16-12(14(19)20)9-5-6-9)4-1-7-15-13(18)10-3-2-8-21-10/h2-3,8-9,12H,1,4-7H2,(H,15,18)(H,16,17)(H,19,20). The van der Waals surface area contributed by atoms with Gasteiger partial charge in [-0.2, -0.15) is 0 Å². The Kier molecular flexibility index (Phi) is 4.97. The molecule has 2 amide bonds. The van der Waals surface area contributed by atoms with E-state index in [4.69, 9.17) is 9.52 Å². The zero-order valence-electron chi connectivity index (χ0n) is 11.5. The van der Waals surface area contributed by atoms with E-state index in [9.17, 15) is 14.4 Å². The average Bonchev–Trinajstić information content (AvgIpc) is 3.13. The number of hydrogen-bond acceptors (Lipinski definition) is 4. The maximum atomic E-state index is 11.7. The molecule has 1 aliphatic carbocycles. The van der Waals surface area contributed by atoms with Gasteiger partial charge in [-0.05, 0) is 37.3 Å². The van der Waals surface area contributed by atoms with E-state index in [1.165, 1.54) is 6.26 Å². The second-order valence-electron chi connectivity index (χ2n) is 5.06. The lowest BCUT2D eigenvalue weighted by molar-refractivity contribution is -0.142. The van der Waals surface area contributed by atoms with E-state index in [1.807, 2.05) is 0 Å². The van der Waals surface area contributed by atoms with Gasteiger partial charge in [0.15, 0.2) is 5.76 Å². The molecule has 21 heavy (non-hydrogen) atoms. The van der Waals surface area contributed by atoms with Crippen LogP contribution in [0.15, 0.2) is 22.8 Å². The molecular formula is C14H18N2O5. The number of furan rings is 1. The first-order valence-electron chi connectivity index (χ1n) is 6.92. The Balaban J connectivity index is 1.63. The van der Waals surface area contributed by atoms with Crippen LogP contribution < -0.4 is 10.6 Å². The molecule has 0 radical (unpaired) electrons. The van der Waals surface area contributed by atoms with E-state index in [1.54, 1.807) is 12.1 Å². The molecule has 7 nitrogen and oxygen atoms in total. The van der Waals surface area contributed by atoms with Crippen LogP contribution in [0.1, 0.15) is 36.2 Å². The highest BCUT2D eigenvalue weighted by molar-refractivity contribution is 5.91. The van der Waals surface area contributed by atoms with Crippen LogP contribution in [-0.4, -0.2) is 35.5 Å². The van der Waals surface area contributed by atoms with Gasteiger partial charge in [-0.1, -0.05) is 0 Å². The Labute approximate surface area is 121 Å². The van der Waals surface area contributed by atoms with Crippen LogP contribution in [0.25, 0.3) is 0 Å². The number of rotatable bonds is 8. The first-order chi connectivity index (χ1) is 10.1. The predicted molar refractivity (Wildman–Crippen MR) is 72.6 cm³/mol. The fourth-order valence-electron chi connectivity index (χ4n) is 2.00. The van der Waals surface area contributed by atoms with Gasteiger partial charge in [0.2, 0.25) is 5.91 Å². The molecule has 1 heterocycles. The Hall–Kier alpha value is -2.31. The van der Waals surface area contributed by atoms with Gasteiger partial charge in [-0.25, -0.2) is 4.79 Å². The number of carboxylic acid groups (broad SMARTS) is 1. The average molecular weight is 294 g/mol. The third-order valence-corrected chi connectivity index (χ3v) is 3.29. The van der Waals surface area contributed by atoms with E-state index in [0.717, 1.165) is 12.8 Å². The Bertz CT molecular complexity index is 507. The molecule has 0 aliphatic heterocycles. The van der Waals surface area contributed by atoms with Gasteiger partial charge in [-0.3, -0.25) is 9.59 Å². The molecule has 7 heteroatoms. The summed E-state index contributed by atoms with van der Waals surface area (Å²) in [6.07, 6.45) is 3.71. The molecule has 2 rings (SSSR count). The monoisotopic (exact) mass is 294 g/mol. The molecule has 1 unspecified atom stereocenters. The number of nitrogens with one attached hydrogen (secondary N) is 2. The highest BCUT2D eigenvalue weighted by atomic mass is 16.4. The molecule has 0 aromatic carbocycles. The van der Waals surface area contributed by atoms with E-state index in [-0.39, 0.29) is 29.9 Å². The molecule has 1 fully saturated rings. The summed E-state index contributed by atoms with van der Waals surface area (Å²) in [4.78, 5) is 34.2. The topological polar surface area (TPSA) is 109 Å². The van der Waals surface area contributed by atoms with Crippen LogP contribution in [0.2, 0.25) is 0 Å². The van der Waals surface area contributed by atoms with Crippen molar-refractivity contribution in [1.29, 1.82) is 0 Å². The minimum Gasteiger partial charge on any atom is -0.480 e.